The van der Waals surface area contributed by atoms with Gasteiger partial charge in [0, 0.05) is 0 Å². The van der Waals surface area contributed by atoms with Crippen molar-refractivity contribution in [3.05, 3.63) is 0 Å². The summed E-state index contributed by atoms with van der Waals surface area (Å²) in [6.07, 6.45) is -0.713. The van der Waals surface area contributed by atoms with Crippen molar-refractivity contribution in [2.24, 2.45) is 0 Å². The van der Waals surface area contributed by atoms with Crippen LogP contribution in [0.15, 0.2) is 0 Å². The molecule has 0 aromatic carbocycles. The van der Waals surface area contributed by atoms with Gasteiger partial charge in [-0.3, -0.25) is 0 Å². The first-order valence-corrected chi connectivity index (χ1v) is 3.66. The van der Waals surface area contributed by atoms with Crippen LogP contribution in [0.25, 0.3) is 0 Å². The van der Waals surface area contributed by atoms with Crippen LogP contribution in [0.4, 0.5) is 0 Å². The van der Waals surface area contributed by atoms with Crippen LogP contribution < -0.4 is 0 Å². The predicted molar refractivity (Wildman–Crippen MR) is 26.8 cm³/mol. The number of rotatable bonds is 1. The van der Waals surface area contributed by atoms with E-state index in [-0.39, 0.29) is 13.2 Å². The van der Waals surface area contributed by atoms with E-state index in [1.54, 1.807) is 0 Å². The van der Waals surface area contributed by atoms with Gasteiger partial charge in [0.25, 0.3) is 0 Å². The van der Waals surface area contributed by atoms with Gasteiger partial charge < -0.3 is 5.11 Å². The van der Waals surface area contributed by atoms with Crippen molar-refractivity contribution in [2.45, 2.75) is 6.10 Å². The summed E-state index contributed by atoms with van der Waals surface area (Å²) in [5.41, 5.74) is 0. The molecule has 1 saturated heterocycles. The highest BCUT2D eigenvalue weighted by atomic mass is 32.3. The van der Waals surface area contributed by atoms with Gasteiger partial charge in [0.15, 0.2) is 0 Å². The maximum Gasteiger partial charge on any atom is 0.400 e. The molecular weight excluding hydrogens is 148 g/mol. The second kappa shape index (κ2) is 2.22. The van der Waals surface area contributed by atoms with Crippen LogP contribution in [0.1, 0.15) is 0 Å². The van der Waals surface area contributed by atoms with E-state index in [2.05, 4.69) is 8.37 Å². The molecule has 1 fully saturated rings. The molecule has 1 heterocycles. The Morgan fingerprint density at radius 1 is 1.67 bits per heavy atom. The molecule has 0 aliphatic carbocycles. The van der Waals surface area contributed by atoms with Crippen molar-refractivity contribution in [1.82, 2.24) is 0 Å². The number of aliphatic hydroxyl groups excluding tert-OH is 1. The molecule has 0 bridgehead atoms. The molecule has 5 nitrogen and oxygen atoms in total. The van der Waals surface area contributed by atoms with E-state index in [4.69, 9.17) is 5.11 Å². The van der Waals surface area contributed by atoms with Crippen LogP contribution in [0.3, 0.4) is 0 Å². The minimum atomic E-state index is -3.77. The molecular formula is C3H6O5S. The van der Waals surface area contributed by atoms with Crippen LogP contribution >= 0.6 is 0 Å². The second-order valence-corrected chi connectivity index (χ2v) is 2.84. The Hall–Kier alpha value is -0.170. The Labute approximate surface area is 52.5 Å². The molecule has 0 radical (unpaired) electrons. The first-order valence-electron chi connectivity index (χ1n) is 2.32. The fourth-order valence-corrected chi connectivity index (χ4v) is 1.29. The van der Waals surface area contributed by atoms with Crippen molar-refractivity contribution in [3.8, 4) is 0 Å². The lowest BCUT2D eigenvalue weighted by atomic mass is 10.4. The molecule has 0 amide bonds. The summed E-state index contributed by atoms with van der Waals surface area (Å²) >= 11 is 0. The average Bonchev–Trinajstić information content (AvgIpc) is 2.10. The molecule has 0 saturated carbocycles. The number of hydrogen-bond donors (Lipinski definition) is 1. The fraction of sp³-hybridized carbons (Fsp3) is 1.00. The monoisotopic (exact) mass is 154 g/mol. The number of aliphatic hydroxyl groups is 1. The molecule has 1 rings (SSSR count). The highest BCUT2D eigenvalue weighted by Gasteiger charge is 2.28. The summed E-state index contributed by atoms with van der Waals surface area (Å²) in [4.78, 5) is 0. The highest BCUT2D eigenvalue weighted by Crippen LogP contribution is 2.10. The summed E-state index contributed by atoms with van der Waals surface area (Å²) in [5.74, 6) is 0. The van der Waals surface area contributed by atoms with Gasteiger partial charge in [0.2, 0.25) is 0 Å². The van der Waals surface area contributed by atoms with Gasteiger partial charge in [0.1, 0.15) is 6.10 Å². The minimum Gasteiger partial charge on any atom is -0.394 e. The predicted octanol–water partition coefficient (Wildman–Crippen LogP) is -1.36. The van der Waals surface area contributed by atoms with E-state index in [0.29, 0.717) is 0 Å². The maximum absolute atomic E-state index is 10.2. The summed E-state index contributed by atoms with van der Waals surface area (Å²) in [6.45, 7) is -0.419. The van der Waals surface area contributed by atoms with Gasteiger partial charge in [-0.15, -0.1) is 0 Å². The second-order valence-electron chi connectivity index (χ2n) is 1.59. The smallest absolute Gasteiger partial charge is 0.394 e. The van der Waals surface area contributed by atoms with Gasteiger partial charge in [-0.25, -0.2) is 8.37 Å². The fourth-order valence-electron chi connectivity index (χ4n) is 0.465. The largest absolute Gasteiger partial charge is 0.400 e. The Bertz CT molecular complexity index is 182. The molecule has 0 spiro atoms. The normalized spacial score (nSPS) is 32.8. The van der Waals surface area contributed by atoms with Crippen molar-refractivity contribution in [1.29, 1.82) is 0 Å². The van der Waals surface area contributed by atoms with Crippen LogP contribution in [0.2, 0.25) is 0 Å². The Balaban J connectivity index is 2.58. The van der Waals surface area contributed by atoms with Crippen LogP contribution in [0, 0.1) is 0 Å². The minimum absolute atomic E-state index is 0.0845. The third kappa shape index (κ3) is 1.62. The van der Waals surface area contributed by atoms with Crippen LogP contribution in [-0.2, 0) is 18.8 Å². The molecule has 1 aliphatic heterocycles. The van der Waals surface area contributed by atoms with Crippen LogP contribution in [0.5, 0.6) is 0 Å². The molecule has 6 heteroatoms. The van der Waals surface area contributed by atoms with E-state index in [1.807, 2.05) is 0 Å². The Kier molecular flexibility index (Phi) is 1.71. The van der Waals surface area contributed by atoms with Crippen molar-refractivity contribution < 1.29 is 21.9 Å². The first-order chi connectivity index (χ1) is 4.14. The third-order valence-electron chi connectivity index (χ3n) is 0.856. The molecule has 1 unspecified atom stereocenters. The summed E-state index contributed by atoms with van der Waals surface area (Å²) in [7, 11) is -3.77. The van der Waals surface area contributed by atoms with Crippen molar-refractivity contribution in [3.63, 3.8) is 0 Å². The van der Waals surface area contributed by atoms with E-state index >= 15 is 0 Å². The SMILES string of the molecule is O=S1(=O)OCC(CO)O1. The zero-order valence-corrected chi connectivity index (χ0v) is 5.30. The quantitative estimate of drug-likeness (QED) is 0.505. The molecule has 0 aromatic heterocycles. The summed E-state index contributed by atoms with van der Waals surface area (Å²) in [5, 5.41) is 8.33. The Morgan fingerprint density at radius 2 is 2.33 bits per heavy atom. The lowest BCUT2D eigenvalue weighted by Crippen LogP contribution is -2.14. The van der Waals surface area contributed by atoms with Gasteiger partial charge in [0.05, 0.1) is 13.2 Å². The molecule has 54 valence electrons. The molecule has 9 heavy (non-hydrogen) atoms. The number of hydrogen-bond acceptors (Lipinski definition) is 5. The first kappa shape index (κ1) is 6.94. The summed E-state index contributed by atoms with van der Waals surface area (Å²) in [6, 6.07) is 0. The van der Waals surface area contributed by atoms with Gasteiger partial charge in [-0.1, -0.05) is 0 Å². The lowest BCUT2D eigenvalue weighted by molar-refractivity contribution is 0.135. The molecule has 1 aliphatic rings. The van der Waals surface area contributed by atoms with Gasteiger partial charge in [-0.05, 0) is 0 Å². The maximum atomic E-state index is 10.2. The van der Waals surface area contributed by atoms with E-state index in [1.165, 1.54) is 0 Å². The molecule has 0 aromatic rings. The lowest BCUT2D eigenvalue weighted by Gasteiger charge is -1.95. The van der Waals surface area contributed by atoms with Crippen molar-refractivity contribution in [2.75, 3.05) is 13.2 Å². The topological polar surface area (TPSA) is 72.8 Å². The highest BCUT2D eigenvalue weighted by molar-refractivity contribution is 7.82. The van der Waals surface area contributed by atoms with E-state index in [9.17, 15) is 8.42 Å². The molecule has 1 atom stereocenters. The average molecular weight is 154 g/mol. The standard InChI is InChI=1S/C3H6O5S/c4-1-3-2-7-9(5,6)8-3/h3-4H,1-2H2. The zero-order valence-electron chi connectivity index (χ0n) is 4.48. The van der Waals surface area contributed by atoms with Crippen molar-refractivity contribution >= 4 is 10.4 Å². The summed E-state index contributed by atoms with van der Waals surface area (Å²) < 4.78 is 28.8. The Morgan fingerprint density at radius 3 is 2.56 bits per heavy atom. The van der Waals surface area contributed by atoms with Gasteiger partial charge >= 0.3 is 10.4 Å². The molecule has 1 N–H and O–H groups in total. The van der Waals surface area contributed by atoms with Crippen LogP contribution in [-0.4, -0.2) is 32.8 Å². The van der Waals surface area contributed by atoms with E-state index in [0.717, 1.165) is 0 Å². The van der Waals surface area contributed by atoms with E-state index < -0.39 is 16.5 Å². The van der Waals surface area contributed by atoms with Gasteiger partial charge in [-0.2, -0.15) is 8.42 Å². The zero-order chi connectivity index (χ0) is 6.91. The third-order valence-corrected chi connectivity index (χ3v) is 1.79.